The van der Waals surface area contributed by atoms with Gasteiger partial charge in [0, 0.05) is 27.6 Å². The number of rotatable bonds is 0. The van der Waals surface area contributed by atoms with Crippen molar-refractivity contribution in [3.8, 4) is 11.8 Å². The van der Waals surface area contributed by atoms with Crippen LogP contribution < -0.4 is 0 Å². The maximum absolute atomic E-state index is 13.1. The monoisotopic (exact) mass is 380 g/mol. The summed E-state index contributed by atoms with van der Waals surface area (Å²) in [7, 11) is 0. The highest BCUT2D eigenvalue weighted by Crippen LogP contribution is 2.46. The highest BCUT2D eigenvalue weighted by Gasteiger charge is 2.40. The number of halogens is 1. The van der Waals surface area contributed by atoms with Gasteiger partial charge in [0.2, 0.25) is 0 Å². The molecule has 3 aromatic rings. The molecule has 0 spiro atoms. The number of nitriles is 1. The van der Waals surface area contributed by atoms with Gasteiger partial charge in [-0.25, -0.2) is 0 Å². The SMILES string of the molecule is CC1(C)c2cc(O)c(Br)cc2C(=O)c2c1[nH]c1cc(C#N)ccc21. The second-order valence-corrected chi connectivity index (χ2v) is 7.40. The van der Waals surface area contributed by atoms with Crippen molar-refractivity contribution in [2.45, 2.75) is 19.3 Å². The minimum Gasteiger partial charge on any atom is -0.507 e. The number of nitrogens with one attached hydrogen (secondary N) is 1. The molecule has 0 amide bonds. The van der Waals surface area contributed by atoms with Gasteiger partial charge < -0.3 is 10.1 Å². The molecule has 0 bridgehead atoms. The summed E-state index contributed by atoms with van der Waals surface area (Å²) in [6.07, 6.45) is 0. The molecule has 0 fully saturated rings. The first-order valence-corrected chi connectivity index (χ1v) is 8.28. The number of carbonyl (C=O) groups excluding carboxylic acids is 1. The van der Waals surface area contributed by atoms with Gasteiger partial charge in [-0.2, -0.15) is 5.26 Å². The molecule has 0 saturated heterocycles. The van der Waals surface area contributed by atoms with E-state index in [0.29, 0.717) is 21.2 Å². The Morgan fingerprint density at radius 1 is 1.25 bits per heavy atom. The van der Waals surface area contributed by atoms with E-state index in [1.165, 1.54) is 0 Å². The summed E-state index contributed by atoms with van der Waals surface area (Å²) in [6, 6.07) is 10.7. The second kappa shape index (κ2) is 4.71. The molecule has 0 radical (unpaired) electrons. The van der Waals surface area contributed by atoms with Gasteiger partial charge >= 0.3 is 0 Å². The summed E-state index contributed by atoms with van der Waals surface area (Å²) in [5.41, 5.74) is 3.68. The molecule has 1 aromatic heterocycles. The summed E-state index contributed by atoms with van der Waals surface area (Å²) in [6.45, 7) is 4.04. The van der Waals surface area contributed by atoms with E-state index in [4.69, 9.17) is 5.26 Å². The Hall–Kier alpha value is -2.58. The lowest BCUT2D eigenvalue weighted by molar-refractivity contribution is 0.103. The highest BCUT2D eigenvalue weighted by molar-refractivity contribution is 9.10. The van der Waals surface area contributed by atoms with Gasteiger partial charge in [-0.05, 0) is 45.8 Å². The number of phenols is 1. The third-order valence-electron chi connectivity index (χ3n) is 4.78. The Kier molecular flexibility index (Phi) is 2.94. The minimum atomic E-state index is -0.470. The second-order valence-electron chi connectivity index (χ2n) is 6.55. The molecule has 1 aliphatic carbocycles. The zero-order chi connectivity index (χ0) is 17.2. The Morgan fingerprint density at radius 2 is 2.00 bits per heavy atom. The smallest absolute Gasteiger partial charge is 0.195 e. The molecular formula is C19H13BrN2O2. The number of aromatic nitrogens is 1. The molecule has 4 rings (SSSR count). The van der Waals surface area contributed by atoms with Crippen molar-refractivity contribution in [3.63, 3.8) is 0 Å². The van der Waals surface area contributed by atoms with E-state index in [2.05, 4.69) is 27.0 Å². The largest absolute Gasteiger partial charge is 0.507 e. The van der Waals surface area contributed by atoms with Gasteiger partial charge in [0.1, 0.15) is 5.75 Å². The zero-order valence-electron chi connectivity index (χ0n) is 13.1. The fourth-order valence-electron chi connectivity index (χ4n) is 3.51. The van der Waals surface area contributed by atoms with Crippen LogP contribution in [0, 0.1) is 11.3 Å². The molecule has 0 unspecified atom stereocenters. The molecule has 2 aromatic carbocycles. The molecular weight excluding hydrogens is 368 g/mol. The molecule has 118 valence electrons. The summed E-state index contributed by atoms with van der Waals surface area (Å²) >= 11 is 3.29. The molecule has 0 saturated carbocycles. The van der Waals surface area contributed by atoms with Crippen molar-refractivity contribution in [2.24, 2.45) is 0 Å². The lowest BCUT2D eigenvalue weighted by atomic mass is 9.71. The highest BCUT2D eigenvalue weighted by atomic mass is 79.9. The van der Waals surface area contributed by atoms with Crippen LogP contribution in [0.25, 0.3) is 10.9 Å². The first-order chi connectivity index (χ1) is 11.3. The molecule has 1 heterocycles. The van der Waals surface area contributed by atoms with Crippen molar-refractivity contribution < 1.29 is 9.90 Å². The fraction of sp³-hybridized carbons (Fsp3) is 0.158. The lowest BCUT2D eigenvalue weighted by Gasteiger charge is -2.32. The van der Waals surface area contributed by atoms with E-state index in [9.17, 15) is 9.90 Å². The Labute approximate surface area is 146 Å². The van der Waals surface area contributed by atoms with Crippen LogP contribution in [-0.4, -0.2) is 15.9 Å². The number of phenolic OH excluding ortho intramolecular Hbond substituents is 1. The van der Waals surface area contributed by atoms with Crippen molar-refractivity contribution in [2.75, 3.05) is 0 Å². The van der Waals surface area contributed by atoms with Crippen LogP contribution in [0.4, 0.5) is 0 Å². The van der Waals surface area contributed by atoms with Gasteiger partial charge in [-0.3, -0.25) is 4.79 Å². The third-order valence-corrected chi connectivity index (χ3v) is 5.42. The number of nitrogens with zero attached hydrogens (tertiary/aromatic N) is 1. The molecule has 0 aliphatic heterocycles. The average molecular weight is 381 g/mol. The number of benzene rings is 2. The lowest BCUT2D eigenvalue weighted by Crippen LogP contribution is -2.30. The minimum absolute atomic E-state index is 0.0732. The first kappa shape index (κ1) is 15.0. The van der Waals surface area contributed by atoms with Crippen LogP contribution in [0.5, 0.6) is 5.75 Å². The van der Waals surface area contributed by atoms with Crippen LogP contribution in [0.3, 0.4) is 0 Å². The number of aromatic hydroxyl groups is 1. The predicted molar refractivity (Wildman–Crippen MR) is 94.4 cm³/mol. The first-order valence-electron chi connectivity index (χ1n) is 7.48. The van der Waals surface area contributed by atoms with Crippen LogP contribution in [-0.2, 0) is 5.41 Å². The Morgan fingerprint density at radius 3 is 2.71 bits per heavy atom. The Bertz CT molecular complexity index is 1090. The van der Waals surface area contributed by atoms with Gasteiger partial charge in [-0.1, -0.05) is 19.9 Å². The van der Waals surface area contributed by atoms with Gasteiger partial charge in [0.15, 0.2) is 5.78 Å². The van der Waals surface area contributed by atoms with E-state index in [1.807, 2.05) is 19.9 Å². The number of fused-ring (bicyclic) bond motifs is 4. The fourth-order valence-corrected chi connectivity index (χ4v) is 3.85. The normalized spacial score (nSPS) is 15.0. The Balaban J connectivity index is 2.10. The number of ketones is 1. The van der Waals surface area contributed by atoms with E-state index in [-0.39, 0.29) is 11.5 Å². The van der Waals surface area contributed by atoms with Crippen molar-refractivity contribution in [3.05, 3.63) is 62.8 Å². The number of H-pyrrole nitrogens is 1. The van der Waals surface area contributed by atoms with E-state index in [0.717, 1.165) is 22.2 Å². The predicted octanol–water partition coefficient (Wildman–Crippen LogP) is 4.38. The van der Waals surface area contributed by atoms with Crippen molar-refractivity contribution in [1.29, 1.82) is 5.26 Å². The summed E-state index contributed by atoms with van der Waals surface area (Å²) in [4.78, 5) is 16.4. The average Bonchev–Trinajstić information content (AvgIpc) is 2.94. The molecule has 4 nitrogen and oxygen atoms in total. The zero-order valence-corrected chi connectivity index (χ0v) is 14.7. The quantitative estimate of drug-likeness (QED) is 0.607. The van der Waals surface area contributed by atoms with Crippen LogP contribution in [0.2, 0.25) is 0 Å². The van der Waals surface area contributed by atoms with E-state index < -0.39 is 5.41 Å². The van der Waals surface area contributed by atoms with E-state index in [1.54, 1.807) is 24.3 Å². The third kappa shape index (κ3) is 1.80. The number of aromatic amines is 1. The van der Waals surface area contributed by atoms with E-state index >= 15 is 0 Å². The number of hydrogen-bond donors (Lipinski definition) is 2. The standard InChI is InChI=1S/C19H13BrN2O2/c1-19(2)12-7-15(23)13(20)6-11(12)17(24)16-10-4-3-9(8-21)5-14(10)22-18(16)19/h3-7,22-23H,1-2H3. The van der Waals surface area contributed by atoms with Crippen molar-refractivity contribution in [1.82, 2.24) is 4.98 Å². The molecule has 0 atom stereocenters. The van der Waals surface area contributed by atoms with Crippen LogP contribution in [0.1, 0.15) is 46.6 Å². The molecule has 5 heteroatoms. The summed E-state index contributed by atoms with van der Waals surface area (Å²) < 4.78 is 0.500. The van der Waals surface area contributed by atoms with Crippen LogP contribution in [0.15, 0.2) is 34.8 Å². The summed E-state index contributed by atoms with van der Waals surface area (Å²) in [5, 5.41) is 20.0. The molecule has 24 heavy (non-hydrogen) atoms. The topological polar surface area (TPSA) is 76.9 Å². The van der Waals surface area contributed by atoms with Crippen molar-refractivity contribution >= 4 is 32.6 Å². The maximum Gasteiger partial charge on any atom is 0.195 e. The maximum atomic E-state index is 13.1. The van der Waals surface area contributed by atoms with Gasteiger partial charge in [0.25, 0.3) is 0 Å². The van der Waals surface area contributed by atoms with Gasteiger partial charge in [0.05, 0.1) is 21.7 Å². The molecule has 1 aliphatic rings. The van der Waals surface area contributed by atoms with Gasteiger partial charge in [-0.15, -0.1) is 0 Å². The number of hydrogen-bond acceptors (Lipinski definition) is 3. The van der Waals surface area contributed by atoms with Crippen LogP contribution >= 0.6 is 15.9 Å². The molecule has 2 N–H and O–H groups in total. The summed E-state index contributed by atoms with van der Waals surface area (Å²) in [5.74, 6) is 0.0388. The number of carbonyl (C=O) groups is 1.